The molecular formula is C11H11ClN2O. The van der Waals surface area contributed by atoms with Gasteiger partial charge in [0.25, 0.3) is 5.91 Å². The van der Waals surface area contributed by atoms with E-state index in [1.807, 2.05) is 6.92 Å². The molecule has 1 aromatic rings. The lowest BCUT2D eigenvalue weighted by molar-refractivity contribution is 0.0817. The molecular weight excluding hydrogens is 212 g/mol. The second-order valence-corrected chi connectivity index (χ2v) is 4.11. The highest BCUT2D eigenvalue weighted by Crippen LogP contribution is 2.26. The van der Waals surface area contributed by atoms with Crippen molar-refractivity contribution in [3.05, 3.63) is 28.8 Å². The predicted octanol–water partition coefficient (Wildman–Crippen LogP) is 2.52. The number of amides is 1. The highest BCUT2D eigenvalue weighted by Gasteiger charge is 2.19. The third kappa shape index (κ3) is 1.88. The van der Waals surface area contributed by atoms with E-state index in [1.54, 1.807) is 30.1 Å². The number of rotatable bonds is 0. The van der Waals surface area contributed by atoms with Gasteiger partial charge in [0.2, 0.25) is 0 Å². The lowest BCUT2D eigenvalue weighted by Crippen LogP contribution is -2.29. The summed E-state index contributed by atoms with van der Waals surface area (Å²) in [6, 6.07) is 5.19. The Balaban J connectivity index is 2.61. The molecule has 78 valence electrons. The van der Waals surface area contributed by atoms with Crippen LogP contribution in [0, 0.1) is 0 Å². The van der Waals surface area contributed by atoms with Gasteiger partial charge in [0.05, 0.1) is 17.8 Å². The maximum atomic E-state index is 11.9. The average molecular weight is 223 g/mol. The van der Waals surface area contributed by atoms with Gasteiger partial charge in [-0.05, 0) is 25.1 Å². The number of nitrogens with zero attached hydrogens (tertiary/aromatic N) is 2. The molecule has 15 heavy (non-hydrogen) atoms. The van der Waals surface area contributed by atoms with E-state index < -0.39 is 0 Å². The standard InChI is InChI=1S/C11H11ClN2O/c1-7-6-14(2)11(15)9-5-8(12)3-4-10(9)13-7/h3-5H,6H2,1-2H3. The molecule has 1 heterocycles. The highest BCUT2D eigenvalue weighted by molar-refractivity contribution is 6.31. The minimum absolute atomic E-state index is 0.0342. The van der Waals surface area contributed by atoms with Crippen LogP contribution in [0.3, 0.4) is 0 Å². The molecule has 3 nitrogen and oxygen atoms in total. The summed E-state index contributed by atoms with van der Waals surface area (Å²) in [5.41, 5.74) is 2.19. The van der Waals surface area contributed by atoms with Gasteiger partial charge in [0.1, 0.15) is 0 Å². The quantitative estimate of drug-likeness (QED) is 0.664. The van der Waals surface area contributed by atoms with Crippen molar-refractivity contribution >= 4 is 28.9 Å². The zero-order valence-electron chi connectivity index (χ0n) is 8.62. The van der Waals surface area contributed by atoms with Gasteiger partial charge >= 0.3 is 0 Å². The summed E-state index contributed by atoms with van der Waals surface area (Å²) >= 11 is 5.86. The van der Waals surface area contributed by atoms with E-state index >= 15 is 0 Å². The molecule has 0 atom stereocenters. The lowest BCUT2D eigenvalue weighted by Gasteiger charge is -2.14. The molecule has 0 saturated carbocycles. The maximum Gasteiger partial charge on any atom is 0.256 e. The van der Waals surface area contributed by atoms with Crippen molar-refractivity contribution in [2.24, 2.45) is 4.99 Å². The number of fused-ring (bicyclic) bond motifs is 1. The van der Waals surface area contributed by atoms with E-state index in [-0.39, 0.29) is 5.91 Å². The Morgan fingerprint density at radius 1 is 1.47 bits per heavy atom. The molecule has 1 aliphatic rings. The van der Waals surface area contributed by atoms with Crippen molar-refractivity contribution in [3.63, 3.8) is 0 Å². The van der Waals surface area contributed by atoms with Gasteiger partial charge in [0, 0.05) is 17.8 Å². The first-order valence-electron chi connectivity index (χ1n) is 4.67. The smallest absolute Gasteiger partial charge is 0.256 e. The largest absolute Gasteiger partial charge is 0.336 e. The van der Waals surface area contributed by atoms with Crippen LogP contribution >= 0.6 is 11.6 Å². The minimum atomic E-state index is -0.0342. The highest BCUT2D eigenvalue weighted by atomic mass is 35.5. The fraction of sp³-hybridized carbons (Fsp3) is 0.273. The maximum absolute atomic E-state index is 11.9. The van der Waals surface area contributed by atoms with E-state index in [4.69, 9.17) is 11.6 Å². The summed E-state index contributed by atoms with van der Waals surface area (Å²) in [5.74, 6) is -0.0342. The van der Waals surface area contributed by atoms with Crippen LogP contribution < -0.4 is 0 Å². The number of aliphatic imine (C=N–C) groups is 1. The Hall–Kier alpha value is -1.35. The number of hydrogen-bond donors (Lipinski definition) is 0. The summed E-state index contributed by atoms with van der Waals surface area (Å²) in [7, 11) is 1.76. The van der Waals surface area contributed by atoms with Crippen molar-refractivity contribution in [1.29, 1.82) is 0 Å². The Bertz CT molecular complexity index is 454. The van der Waals surface area contributed by atoms with E-state index in [0.29, 0.717) is 22.8 Å². The van der Waals surface area contributed by atoms with Gasteiger partial charge in [-0.3, -0.25) is 9.79 Å². The van der Waals surface area contributed by atoms with Gasteiger partial charge in [-0.15, -0.1) is 0 Å². The summed E-state index contributed by atoms with van der Waals surface area (Å²) < 4.78 is 0. The molecule has 0 bridgehead atoms. The minimum Gasteiger partial charge on any atom is -0.336 e. The van der Waals surface area contributed by atoms with E-state index in [1.165, 1.54) is 0 Å². The zero-order chi connectivity index (χ0) is 11.0. The van der Waals surface area contributed by atoms with Crippen LogP contribution in [0.5, 0.6) is 0 Å². The second-order valence-electron chi connectivity index (χ2n) is 3.67. The molecule has 0 aromatic heterocycles. The van der Waals surface area contributed by atoms with Crippen molar-refractivity contribution in [2.45, 2.75) is 6.92 Å². The Morgan fingerprint density at radius 2 is 2.20 bits per heavy atom. The van der Waals surface area contributed by atoms with Crippen molar-refractivity contribution < 1.29 is 4.79 Å². The molecule has 1 aromatic carbocycles. The molecule has 1 aliphatic heterocycles. The summed E-state index contributed by atoms with van der Waals surface area (Å²) in [6.45, 7) is 2.47. The zero-order valence-corrected chi connectivity index (χ0v) is 9.38. The fourth-order valence-corrected chi connectivity index (χ4v) is 1.81. The fourth-order valence-electron chi connectivity index (χ4n) is 1.64. The van der Waals surface area contributed by atoms with Crippen LogP contribution in [-0.2, 0) is 0 Å². The van der Waals surface area contributed by atoms with Crippen molar-refractivity contribution in [1.82, 2.24) is 4.90 Å². The van der Waals surface area contributed by atoms with E-state index in [9.17, 15) is 4.79 Å². The monoisotopic (exact) mass is 222 g/mol. The molecule has 0 aliphatic carbocycles. The molecule has 0 fully saturated rings. The Kier molecular flexibility index (Phi) is 2.49. The van der Waals surface area contributed by atoms with Crippen LogP contribution in [0.25, 0.3) is 0 Å². The Morgan fingerprint density at radius 3 is 2.93 bits per heavy atom. The lowest BCUT2D eigenvalue weighted by atomic mass is 10.1. The van der Waals surface area contributed by atoms with Crippen molar-refractivity contribution in [2.75, 3.05) is 13.6 Å². The molecule has 1 amide bonds. The van der Waals surface area contributed by atoms with E-state index in [0.717, 1.165) is 5.71 Å². The van der Waals surface area contributed by atoms with Gasteiger partial charge in [-0.2, -0.15) is 0 Å². The third-order valence-electron chi connectivity index (χ3n) is 2.31. The van der Waals surface area contributed by atoms with E-state index in [2.05, 4.69) is 4.99 Å². The molecule has 0 N–H and O–H groups in total. The van der Waals surface area contributed by atoms with Crippen LogP contribution in [0.1, 0.15) is 17.3 Å². The van der Waals surface area contributed by atoms with Gasteiger partial charge in [-0.1, -0.05) is 11.6 Å². The number of hydrogen-bond acceptors (Lipinski definition) is 2. The number of benzene rings is 1. The van der Waals surface area contributed by atoms with Gasteiger partial charge in [-0.25, -0.2) is 0 Å². The molecule has 0 spiro atoms. The second kappa shape index (κ2) is 3.66. The normalized spacial score (nSPS) is 15.8. The summed E-state index contributed by atoms with van der Waals surface area (Å²) in [4.78, 5) is 17.9. The van der Waals surface area contributed by atoms with Crippen LogP contribution in [0.15, 0.2) is 23.2 Å². The summed E-state index contributed by atoms with van der Waals surface area (Å²) in [5, 5.41) is 0.560. The van der Waals surface area contributed by atoms with Gasteiger partial charge in [0.15, 0.2) is 0 Å². The predicted molar refractivity (Wildman–Crippen MR) is 61.2 cm³/mol. The number of carbonyl (C=O) groups is 1. The number of halogens is 1. The number of carbonyl (C=O) groups excluding carboxylic acids is 1. The molecule has 0 saturated heterocycles. The average Bonchev–Trinajstić information content (AvgIpc) is 2.27. The van der Waals surface area contributed by atoms with Crippen LogP contribution in [0.4, 0.5) is 5.69 Å². The first kappa shape index (κ1) is 10.2. The van der Waals surface area contributed by atoms with Crippen molar-refractivity contribution in [3.8, 4) is 0 Å². The summed E-state index contributed by atoms with van der Waals surface area (Å²) in [6.07, 6.45) is 0. The molecule has 2 rings (SSSR count). The molecule has 0 radical (unpaired) electrons. The van der Waals surface area contributed by atoms with Crippen LogP contribution in [-0.4, -0.2) is 30.1 Å². The first-order valence-corrected chi connectivity index (χ1v) is 5.05. The SMILES string of the molecule is CC1=Nc2ccc(Cl)cc2C(=O)N(C)C1. The van der Waals surface area contributed by atoms with Crippen LogP contribution in [0.2, 0.25) is 5.02 Å². The topological polar surface area (TPSA) is 32.7 Å². The first-order chi connectivity index (χ1) is 7.08. The third-order valence-corrected chi connectivity index (χ3v) is 2.55. The molecule has 4 heteroatoms. The van der Waals surface area contributed by atoms with Gasteiger partial charge < -0.3 is 4.90 Å². The Labute approximate surface area is 93.4 Å². The molecule has 0 unspecified atom stereocenters.